The van der Waals surface area contributed by atoms with Gasteiger partial charge in [-0.15, -0.1) is 0 Å². The number of amides is 2. The lowest BCUT2D eigenvalue weighted by Crippen LogP contribution is -2.47. The summed E-state index contributed by atoms with van der Waals surface area (Å²) in [4.78, 5) is 23.8. The second kappa shape index (κ2) is 7.65. The van der Waals surface area contributed by atoms with Gasteiger partial charge in [-0.2, -0.15) is 0 Å². The van der Waals surface area contributed by atoms with Crippen molar-refractivity contribution in [2.24, 2.45) is 0 Å². The predicted molar refractivity (Wildman–Crippen MR) is 88.3 cm³/mol. The van der Waals surface area contributed by atoms with Crippen LogP contribution < -0.4 is 15.6 Å². The molecular weight excluding hydrogens is 316 g/mol. The topological polar surface area (TPSA) is 67.4 Å². The number of carbonyl (C=O) groups excluding carboxylic acids is 2. The molecule has 0 aliphatic heterocycles. The number of benzene rings is 2. The third-order valence-electron chi connectivity index (χ3n) is 3.11. The molecule has 0 fully saturated rings. The van der Waals surface area contributed by atoms with Gasteiger partial charge < -0.3 is 4.74 Å². The van der Waals surface area contributed by atoms with E-state index in [9.17, 15) is 9.59 Å². The van der Waals surface area contributed by atoms with Crippen LogP contribution >= 0.6 is 11.6 Å². The molecule has 0 radical (unpaired) electrons. The fourth-order valence-electron chi connectivity index (χ4n) is 1.77. The van der Waals surface area contributed by atoms with Gasteiger partial charge in [0, 0.05) is 10.6 Å². The minimum Gasteiger partial charge on any atom is -0.481 e. The van der Waals surface area contributed by atoms with E-state index in [-0.39, 0.29) is 0 Å². The zero-order valence-corrected chi connectivity index (χ0v) is 13.6. The van der Waals surface area contributed by atoms with Gasteiger partial charge >= 0.3 is 0 Å². The molecule has 5 nitrogen and oxygen atoms in total. The van der Waals surface area contributed by atoms with Gasteiger partial charge in [0.1, 0.15) is 5.75 Å². The van der Waals surface area contributed by atoms with Crippen molar-refractivity contribution in [3.05, 3.63) is 64.7 Å². The van der Waals surface area contributed by atoms with Crippen LogP contribution in [0.25, 0.3) is 0 Å². The first-order valence-electron chi connectivity index (χ1n) is 7.05. The Balaban J connectivity index is 1.84. The molecule has 0 spiro atoms. The van der Waals surface area contributed by atoms with Crippen LogP contribution in [-0.4, -0.2) is 17.9 Å². The quantitative estimate of drug-likeness (QED) is 0.846. The first kappa shape index (κ1) is 16.8. The Hall–Kier alpha value is -2.53. The molecule has 0 aliphatic rings. The molecule has 1 atom stereocenters. The van der Waals surface area contributed by atoms with Gasteiger partial charge in [-0.05, 0) is 50.2 Å². The number of hydrogen-bond donors (Lipinski definition) is 2. The van der Waals surface area contributed by atoms with Crippen LogP contribution in [0.1, 0.15) is 22.8 Å². The van der Waals surface area contributed by atoms with E-state index in [1.165, 1.54) is 0 Å². The smallest absolute Gasteiger partial charge is 0.279 e. The molecule has 2 aromatic rings. The maximum Gasteiger partial charge on any atom is 0.279 e. The number of carbonyl (C=O) groups is 2. The standard InChI is InChI=1S/C17H17ClN2O3/c1-11-3-9-15(10-4-11)23-12(2)16(21)19-20-17(22)13-5-7-14(18)8-6-13/h3-10,12H,1-2H3,(H,19,21)(H,20,22). The van der Waals surface area contributed by atoms with Gasteiger partial charge in [0.05, 0.1) is 0 Å². The van der Waals surface area contributed by atoms with Crippen LogP contribution in [0.15, 0.2) is 48.5 Å². The van der Waals surface area contributed by atoms with Crippen molar-refractivity contribution >= 4 is 23.4 Å². The first-order valence-corrected chi connectivity index (χ1v) is 7.42. The van der Waals surface area contributed by atoms with Crippen molar-refractivity contribution in [2.45, 2.75) is 20.0 Å². The van der Waals surface area contributed by atoms with Crippen LogP contribution in [0.5, 0.6) is 5.75 Å². The summed E-state index contributed by atoms with van der Waals surface area (Å²) in [6, 6.07) is 13.7. The van der Waals surface area contributed by atoms with Crippen LogP contribution in [0, 0.1) is 6.92 Å². The minimum absolute atomic E-state index is 0.391. The van der Waals surface area contributed by atoms with Crippen molar-refractivity contribution in [3.8, 4) is 5.75 Å². The molecule has 2 N–H and O–H groups in total. The van der Waals surface area contributed by atoms with E-state index in [0.29, 0.717) is 16.3 Å². The Labute approximate surface area is 139 Å². The molecule has 23 heavy (non-hydrogen) atoms. The minimum atomic E-state index is -0.747. The maximum absolute atomic E-state index is 11.9. The number of halogens is 1. The molecule has 0 bridgehead atoms. The van der Waals surface area contributed by atoms with Crippen molar-refractivity contribution < 1.29 is 14.3 Å². The Morgan fingerprint density at radius 1 is 1.00 bits per heavy atom. The largest absolute Gasteiger partial charge is 0.481 e. The lowest BCUT2D eigenvalue weighted by Gasteiger charge is -2.15. The molecule has 1 unspecified atom stereocenters. The Kier molecular flexibility index (Phi) is 5.60. The maximum atomic E-state index is 11.9. The third kappa shape index (κ3) is 5.00. The number of hydrazine groups is 1. The van der Waals surface area contributed by atoms with Gasteiger partial charge in [-0.25, -0.2) is 0 Å². The highest BCUT2D eigenvalue weighted by atomic mass is 35.5. The molecular formula is C17H17ClN2O3. The highest BCUT2D eigenvalue weighted by Gasteiger charge is 2.15. The predicted octanol–water partition coefficient (Wildman–Crippen LogP) is 2.88. The fourth-order valence-corrected chi connectivity index (χ4v) is 1.89. The number of ether oxygens (including phenoxy) is 1. The van der Waals surface area contributed by atoms with Crippen LogP contribution in [-0.2, 0) is 4.79 Å². The van der Waals surface area contributed by atoms with Gasteiger partial charge in [0.15, 0.2) is 6.10 Å². The van der Waals surface area contributed by atoms with Crippen molar-refractivity contribution in [1.82, 2.24) is 10.9 Å². The molecule has 2 rings (SSSR count). The zero-order chi connectivity index (χ0) is 16.8. The third-order valence-corrected chi connectivity index (χ3v) is 3.36. The van der Waals surface area contributed by atoms with Crippen LogP contribution in [0.4, 0.5) is 0 Å². The Morgan fingerprint density at radius 2 is 1.61 bits per heavy atom. The summed E-state index contributed by atoms with van der Waals surface area (Å²) in [5.41, 5.74) is 6.16. The highest BCUT2D eigenvalue weighted by Crippen LogP contribution is 2.13. The van der Waals surface area contributed by atoms with E-state index < -0.39 is 17.9 Å². The summed E-state index contributed by atoms with van der Waals surface area (Å²) >= 11 is 5.75. The van der Waals surface area contributed by atoms with Crippen LogP contribution in [0.3, 0.4) is 0 Å². The number of nitrogens with one attached hydrogen (secondary N) is 2. The Morgan fingerprint density at radius 3 is 2.22 bits per heavy atom. The van der Waals surface area contributed by atoms with Crippen molar-refractivity contribution in [2.75, 3.05) is 0 Å². The number of aryl methyl sites for hydroxylation is 1. The SMILES string of the molecule is Cc1ccc(OC(C)C(=O)NNC(=O)c2ccc(Cl)cc2)cc1. The average Bonchev–Trinajstić information content (AvgIpc) is 2.55. The molecule has 0 aliphatic carbocycles. The molecule has 0 heterocycles. The average molecular weight is 333 g/mol. The van der Waals surface area contributed by atoms with Crippen molar-refractivity contribution in [3.63, 3.8) is 0 Å². The van der Waals surface area contributed by atoms with Gasteiger partial charge in [0.25, 0.3) is 11.8 Å². The first-order chi connectivity index (χ1) is 11.0. The summed E-state index contributed by atoms with van der Waals surface area (Å²) in [6.45, 7) is 3.57. The molecule has 6 heteroatoms. The van der Waals surface area contributed by atoms with E-state index >= 15 is 0 Å². The van der Waals surface area contributed by atoms with Gasteiger partial charge in [0.2, 0.25) is 0 Å². The number of rotatable bonds is 4. The number of hydrogen-bond acceptors (Lipinski definition) is 3. The fraction of sp³-hybridized carbons (Fsp3) is 0.176. The van der Waals surface area contributed by atoms with Crippen LogP contribution in [0.2, 0.25) is 5.02 Å². The van der Waals surface area contributed by atoms with E-state index in [1.54, 1.807) is 43.3 Å². The normalized spacial score (nSPS) is 11.4. The van der Waals surface area contributed by atoms with Gasteiger partial charge in [-0.1, -0.05) is 29.3 Å². The van der Waals surface area contributed by atoms with E-state index in [0.717, 1.165) is 5.56 Å². The highest BCUT2D eigenvalue weighted by molar-refractivity contribution is 6.30. The molecule has 2 amide bonds. The summed E-state index contributed by atoms with van der Waals surface area (Å²) in [6.07, 6.45) is -0.747. The Bertz CT molecular complexity index is 684. The van der Waals surface area contributed by atoms with Crippen molar-refractivity contribution in [1.29, 1.82) is 0 Å². The van der Waals surface area contributed by atoms with E-state index in [2.05, 4.69) is 10.9 Å². The summed E-state index contributed by atoms with van der Waals surface area (Å²) in [5, 5.41) is 0.533. The second-order valence-corrected chi connectivity index (χ2v) is 5.46. The molecule has 0 aromatic heterocycles. The lowest BCUT2D eigenvalue weighted by atomic mass is 10.2. The molecule has 0 saturated carbocycles. The van der Waals surface area contributed by atoms with E-state index in [1.807, 2.05) is 19.1 Å². The summed E-state index contributed by atoms with van der Waals surface area (Å²) in [5.74, 6) is -0.298. The monoisotopic (exact) mass is 332 g/mol. The molecule has 0 saturated heterocycles. The zero-order valence-electron chi connectivity index (χ0n) is 12.8. The summed E-state index contributed by atoms with van der Waals surface area (Å²) in [7, 11) is 0. The second-order valence-electron chi connectivity index (χ2n) is 5.02. The van der Waals surface area contributed by atoms with E-state index in [4.69, 9.17) is 16.3 Å². The summed E-state index contributed by atoms with van der Waals surface area (Å²) < 4.78 is 5.50. The molecule has 2 aromatic carbocycles. The lowest BCUT2D eigenvalue weighted by molar-refractivity contribution is -0.128. The van der Waals surface area contributed by atoms with Gasteiger partial charge in [-0.3, -0.25) is 20.4 Å². The molecule has 120 valence electrons.